The molecule has 3 heteroatoms. The summed E-state index contributed by atoms with van der Waals surface area (Å²) in [7, 11) is 0. The van der Waals surface area contributed by atoms with Crippen LogP contribution in [0, 0.1) is 11.3 Å². The number of nitrogens with zero attached hydrogens (tertiary/aromatic N) is 3. The highest BCUT2D eigenvalue weighted by molar-refractivity contribution is 6.24. The zero-order chi connectivity index (χ0) is 30.6. The molecule has 0 aliphatic carbocycles. The molecule has 214 valence electrons. The fourth-order valence-corrected chi connectivity index (χ4v) is 7.02. The summed E-state index contributed by atoms with van der Waals surface area (Å²) in [5.41, 5.74) is 9.74. The third-order valence-electron chi connectivity index (χ3n) is 9.17. The number of rotatable bonds is 5. The highest BCUT2D eigenvalue weighted by Crippen LogP contribution is 2.41. The second-order valence-electron chi connectivity index (χ2n) is 11.7. The van der Waals surface area contributed by atoms with E-state index in [1.54, 1.807) is 0 Å². The average molecular weight is 586 g/mol. The highest BCUT2D eigenvalue weighted by Gasteiger charge is 2.17. The van der Waals surface area contributed by atoms with Gasteiger partial charge >= 0.3 is 0 Å². The first kappa shape index (κ1) is 26.1. The van der Waals surface area contributed by atoms with E-state index in [1.165, 1.54) is 48.9 Å². The van der Waals surface area contributed by atoms with Gasteiger partial charge in [0.2, 0.25) is 0 Å². The van der Waals surface area contributed by atoms with Crippen molar-refractivity contribution >= 4 is 60.4 Å². The molecule has 8 aromatic carbocycles. The molecule has 9 rings (SSSR count). The molecule has 1 heterocycles. The summed E-state index contributed by atoms with van der Waals surface area (Å²) < 4.78 is 2.39. The Kier molecular flexibility index (Phi) is 5.88. The van der Waals surface area contributed by atoms with Crippen molar-refractivity contribution < 1.29 is 0 Å². The normalized spacial score (nSPS) is 11.5. The summed E-state index contributed by atoms with van der Waals surface area (Å²) >= 11 is 0. The van der Waals surface area contributed by atoms with E-state index in [-0.39, 0.29) is 0 Å². The van der Waals surface area contributed by atoms with Crippen LogP contribution in [-0.4, -0.2) is 4.57 Å². The van der Waals surface area contributed by atoms with Gasteiger partial charge in [0.15, 0.2) is 0 Å². The van der Waals surface area contributed by atoms with Crippen LogP contribution in [0.5, 0.6) is 0 Å². The molecule has 0 bridgehead atoms. The van der Waals surface area contributed by atoms with Crippen LogP contribution >= 0.6 is 0 Å². The van der Waals surface area contributed by atoms with Crippen LogP contribution in [0.4, 0.5) is 17.1 Å². The van der Waals surface area contributed by atoms with E-state index in [0.717, 1.165) is 28.3 Å². The van der Waals surface area contributed by atoms with Crippen LogP contribution in [-0.2, 0) is 0 Å². The maximum Gasteiger partial charge on any atom is 0.0991 e. The molecule has 0 N–H and O–H groups in total. The highest BCUT2D eigenvalue weighted by atomic mass is 15.1. The van der Waals surface area contributed by atoms with Gasteiger partial charge in [-0.1, -0.05) is 97.1 Å². The van der Waals surface area contributed by atoms with Gasteiger partial charge in [0.05, 0.1) is 28.4 Å². The fourth-order valence-electron chi connectivity index (χ4n) is 7.02. The molecule has 0 unspecified atom stereocenters. The Hall–Kier alpha value is -6.37. The van der Waals surface area contributed by atoms with Gasteiger partial charge in [0, 0.05) is 33.2 Å². The number of benzene rings is 8. The number of hydrogen-bond acceptors (Lipinski definition) is 2. The summed E-state index contributed by atoms with van der Waals surface area (Å²) in [5.74, 6) is 0. The van der Waals surface area contributed by atoms with E-state index in [9.17, 15) is 5.26 Å². The minimum atomic E-state index is 0.645. The average Bonchev–Trinajstić information content (AvgIpc) is 3.47. The second kappa shape index (κ2) is 10.4. The van der Waals surface area contributed by atoms with Crippen LogP contribution < -0.4 is 4.90 Å². The van der Waals surface area contributed by atoms with Gasteiger partial charge in [0.25, 0.3) is 0 Å². The van der Waals surface area contributed by atoms with Gasteiger partial charge in [0.1, 0.15) is 0 Å². The Morgan fingerprint density at radius 3 is 1.61 bits per heavy atom. The van der Waals surface area contributed by atoms with E-state index in [2.05, 4.69) is 155 Å². The Morgan fingerprint density at radius 1 is 0.457 bits per heavy atom. The zero-order valence-corrected chi connectivity index (χ0v) is 24.9. The van der Waals surface area contributed by atoms with Gasteiger partial charge in [-0.15, -0.1) is 0 Å². The standard InChI is InChI=1S/C43H27N3/c44-28-29-14-22-35(23-15-29)45(39-11-3-7-32-6-1-2-10-38(32)39)36-24-18-30(19-25-36)31-20-26-37(27-21-31)46-40-12-4-8-33-16-17-34-9-5-13-41(46)43(34)42(33)40/h1-27H. The van der Waals surface area contributed by atoms with E-state index >= 15 is 0 Å². The molecular weight excluding hydrogens is 558 g/mol. The van der Waals surface area contributed by atoms with E-state index in [1.807, 2.05) is 24.3 Å². The molecule has 1 aromatic heterocycles. The third-order valence-corrected chi connectivity index (χ3v) is 9.17. The van der Waals surface area contributed by atoms with Crippen molar-refractivity contribution in [2.45, 2.75) is 0 Å². The monoisotopic (exact) mass is 585 g/mol. The summed E-state index contributed by atoms with van der Waals surface area (Å²) in [6.07, 6.45) is 0. The molecule has 0 radical (unpaired) electrons. The van der Waals surface area contributed by atoms with Crippen molar-refractivity contribution in [2.24, 2.45) is 0 Å². The van der Waals surface area contributed by atoms with Gasteiger partial charge in [-0.2, -0.15) is 5.26 Å². The molecule has 0 fully saturated rings. The number of nitriles is 1. The topological polar surface area (TPSA) is 32.0 Å². The number of anilines is 3. The predicted octanol–water partition coefficient (Wildman–Crippen LogP) is 11.5. The Bertz CT molecular complexity index is 2500. The molecule has 0 saturated heterocycles. The summed E-state index contributed by atoms with van der Waals surface area (Å²) in [5, 5.41) is 17.0. The molecule has 3 nitrogen and oxygen atoms in total. The largest absolute Gasteiger partial charge is 0.310 e. The number of hydrogen-bond donors (Lipinski definition) is 0. The Morgan fingerprint density at radius 2 is 0.978 bits per heavy atom. The van der Waals surface area contributed by atoms with Gasteiger partial charge < -0.3 is 9.47 Å². The first-order valence-electron chi connectivity index (χ1n) is 15.5. The number of fused-ring (bicyclic) bond motifs is 1. The lowest BCUT2D eigenvalue weighted by Crippen LogP contribution is -2.10. The van der Waals surface area contributed by atoms with Crippen molar-refractivity contribution in [3.63, 3.8) is 0 Å². The SMILES string of the molecule is N#Cc1ccc(N(c2ccc(-c3ccc(-n4c5cccc6ccc7cccc4c7c65)cc3)cc2)c2cccc3ccccc23)cc1. The molecule has 0 amide bonds. The minimum Gasteiger partial charge on any atom is -0.310 e. The van der Waals surface area contributed by atoms with Crippen molar-refractivity contribution in [3.05, 3.63) is 169 Å². The predicted molar refractivity (Wildman–Crippen MR) is 192 cm³/mol. The Labute approximate surface area is 266 Å². The summed E-state index contributed by atoms with van der Waals surface area (Å²) in [4.78, 5) is 2.27. The molecule has 0 atom stereocenters. The van der Waals surface area contributed by atoms with Crippen LogP contribution in [0.1, 0.15) is 5.56 Å². The maximum absolute atomic E-state index is 9.40. The summed E-state index contributed by atoms with van der Waals surface area (Å²) in [6.45, 7) is 0. The molecule has 0 saturated carbocycles. The second-order valence-corrected chi connectivity index (χ2v) is 11.7. The maximum atomic E-state index is 9.40. The van der Waals surface area contributed by atoms with Crippen LogP contribution in [0.3, 0.4) is 0 Å². The molecule has 0 spiro atoms. The third kappa shape index (κ3) is 4.05. The quantitative estimate of drug-likeness (QED) is 0.188. The minimum absolute atomic E-state index is 0.645. The van der Waals surface area contributed by atoms with E-state index < -0.39 is 0 Å². The molecule has 46 heavy (non-hydrogen) atoms. The first-order valence-corrected chi connectivity index (χ1v) is 15.5. The van der Waals surface area contributed by atoms with Gasteiger partial charge in [-0.25, -0.2) is 0 Å². The molecular formula is C43H27N3. The molecule has 9 aromatic rings. The van der Waals surface area contributed by atoms with Gasteiger partial charge in [-0.3, -0.25) is 0 Å². The van der Waals surface area contributed by atoms with E-state index in [0.29, 0.717) is 5.56 Å². The van der Waals surface area contributed by atoms with Crippen LogP contribution in [0.2, 0.25) is 0 Å². The lowest BCUT2D eigenvalue weighted by molar-refractivity contribution is 1.18. The molecule has 0 aliphatic heterocycles. The smallest absolute Gasteiger partial charge is 0.0991 e. The number of aromatic nitrogens is 1. The van der Waals surface area contributed by atoms with Crippen molar-refractivity contribution in [1.82, 2.24) is 4.57 Å². The fraction of sp³-hybridized carbons (Fsp3) is 0. The first-order chi connectivity index (χ1) is 22.8. The van der Waals surface area contributed by atoms with Crippen LogP contribution in [0.15, 0.2) is 164 Å². The zero-order valence-electron chi connectivity index (χ0n) is 24.9. The van der Waals surface area contributed by atoms with Crippen molar-refractivity contribution in [1.29, 1.82) is 5.26 Å². The lowest BCUT2D eigenvalue weighted by atomic mass is 10.0. The van der Waals surface area contributed by atoms with E-state index in [4.69, 9.17) is 0 Å². The van der Waals surface area contributed by atoms with Crippen molar-refractivity contribution in [3.8, 4) is 22.9 Å². The lowest BCUT2D eigenvalue weighted by Gasteiger charge is -2.27. The van der Waals surface area contributed by atoms with Crippen molar-refractivity contribution in [2.75, 3.05) is 4.90 Å². The van der Waals surface area contributed by atoms with Gasteiger partial charge in [-0.05, 0) is 94.0 Å². The summed E-state index contributed by atoms with van der Waals surface area (Å²) in [6, 6.07) is 60.2. The Balaban J connectivity index is 1.11. The molecule has 0 aliphatic rings. The van der Waals surface area contributed by atoms with Crippen LogP contribution in [0.25, 0.3) is 60.2 Å².